The van der Waals surface area contributed by atoms with Crippen molar-refractivity contribution < 1.29 is 4.79 Å². The molecule has 3 rings (SSSR count). The van der Waals surface area contributed by atoms with Crippen molar-refractivity contribution >= 4 is 44.8 Å². The predicted molar refractivity (Wildman–Crippen MR) is 85.4 cm³/mol. The van der Waals surface area contributed by atoms with E-state index in [0.717, 1.165) is 27.8 Å². The first-order valence-corrected chi connectivity index (χ1v) is 7.38. The lowest BCUT2D eigenvalue weighted by molar-refractivity contribution is 0.0989. The number of nitrogens with two attached hydrogens (primary N) is 1. The van der Waals surface area contributed by atoms with Crippen LogP contribution in [-0.2, 0) is 6.42 Å². The predicted octanol–water partition coefficient (Wildman–Crippen LogP) is 3.89. The minimum atomic E-state index is -0.0223. The van der Waals surface area contributed by atoms with Crippen LogP contribution in [0.4, 0.5) is 11.4 Å². The van der Waals surface area contributed by atoms with Crippen molar-refractivity contribution in [3.8, 4) is 0 Å². The smallest absolute Gasteiger partial charge is 0.258 e. The van der Waals surface area contributed by atoms with Crippen LogP contribution in [0.25, 0.3) is 0 Å². The van der Waals surface area contributed by atoms with Gasteiger partial charge in [-0.25, -0.2) is 0 Å². The molecular formula is C15H12BrClN2O. The average molecular weight is 352 g/mol. The third-order valence-electron chi connectivity index (χ3n) is 3.41. The van der Waals surface area contributed by atoms with Crippen molar-refractivity contribution in [1.29, 1.82) is 0 Å². The van der Waals surface area contributed by atoms with E-state index in [-0.39, 0.29) is 5.91 Å². The number of benzene rings is 2. The monoisotopic (exact) mass is 350 g/mol. The van der Waals surface area contributed by atoms with Crippen LogP contribution in [-0.4, -0.2) is 12.5 Å². The van der Waals surface area contributed by atoms with Gasteiger partial charge in [-0.1, -0.05) is 11.6 Å². The highest BCUT2D eigenvalue weighted by atomic mass is 79.9. The molecule has 0 spiro atoms. The van der Waals surface area contributed by atoms with E-state index in [1.54, 1.807) is 23.1 Å². The van der Waals surface area contributed by atoms with Gasteiger partial charge in [-0.05, 0) is 64.3 Å². The molecule has 1 heterocycles. The van der Waals surface area contributed by atoms with E-state index in [1.807, 2.05) is 18.2 Å². The Hall–Kier alpha value is -1.52. The van der Waals surface area contributed by atoms with Crippen LogP contribution in [0.2, 0.25) is 5.02 Å². The molecule has 0 unspecified atom stereocenters. The topological polar surface area (TPSA) is 46.3 Å². The molecule has 20 heavy (non-hydrogen) atoms. The third kappa shape index (κ3) is 2.30. The summed E-state index contributed by atoms with van der Waals surface area (Å²) in [6, 6.07) is 10.9. The maximum absolute atomic E-state index is 12.6. The van der Waals surface area contributed by atoms with E-state index >= 15 is 0 Å². The first-order chi connectivity index (χ1) is 9.56. The summed E-state index contributed by atoms with van der Waals surface area (Å²) < 4.78 is 0.724. The molecule has 3 nitrogen and oxygen atoms in total. The van der Waals surface area contributed by atoms with Crippen molar-refractivity contribution in [1.82, 2.24) is 0 Å². The normalized spacial score (nSPS) is 13.4. The van der Waals surface area contributed by atoms with Gasteiger partial charge in [0.2, 0.25) is 0 Å². The second-order valence-electron chi connectivity index (χ2n) is 4.72. The summed E-state index contributed by atoms with van der Waals surface area (Å²) in [4.78, 5) is 14.4. The quantitative estimate of drug-likeness (QED) is 0.792. The molecular weight excluding hydrogens is 340 g/mol. The minimum absolute atomic E-state index is 0.0223. The highest BCUT2D eigenvalue weighted by molar-refractivity contribution is 9.10. The molecule has 0 aromatic heterocycles. The molecule has 102 valence electrons. The number of hydrogen-bond donors (Lipinski definition) is 1. The van der Waals surface area contributed by atoms with E-state index in [2.05, 4.69) is 15.9 Å². The number of carbonyl (C=O) groups excluding carboxylic acids is 1. The lowest BCUT2D eigenvalue weighted by Crippen LogP contribution is -2.28. The van der Waals surface area contributed by atoms with Crippen LogP contribution in [0, 0.1) is 0 Å². The number of halogens is 2. The zero-order valence-corrected chi connectivity index (χ0v) is 12.9. The summed E-state index contributed by atoms with van der Waals surface area (Å²) in [7, 11) is 0. The Morgan fingerprint density at radius 1 is 1.25 bits per heavy atom. The van der Waals surface area contributed by atoms with E-state index in [4.69, 9.17) is 17.3 Å². The lowest BCUT2D eigenvalue weighted by atomic mass is 10.1. The summed E-state index contributed by atoms with van der Waals surface area (Å²) in [6.07, 6.45) is 0.834. The minimum Gasteiger partial charge on any atom is -0.399 e. The SMILES string of the molecule is Nc1ccc2c(c1)CCN2C(=O)c1ccc(Cl)c(Br)c1. The van der Waals surface area contributed by atoms with Crippen molar-refractivity contribution in [2.24, 2.45) is 0 Å². The fraction of sp³-hybridized carbons (Fsp3) is 0.133. The summed E-state index contributed by atoms with van der Waals surface area (Å²) >= 11 is 9.30. The number of nitrogens with zero attached hydrogens (tertiary/aromatic N) is 1. The van der Waals surface area contributed by atoms with Crippen LogP contribution in [0.15, 0.2) is 40.9 Å². The van der Waals surface area contributed by atoms with Gasteiger partial charge in [0.1, 0.15) is 0 Å². The summed E-state index contributed by atoms with van der Waals surface area (Å²) in [5.74, 6) is -0.0223. The lowest BCUT2D eigenvalue weighted by Gasteiger charge is -2.17. The average Bonchev–Trinajstić information content (AvgIpc) is 2.84. The second-order valence-corrected chi connectivity index (χ2v) is 5.99. The third-order valence-corrected chi connectivity index (χ3v) is 4.62. The number of anilines is 2. The Labute approximate surface area is 130 Å². The molecule has 2 aromatic carbocycles. The van der Waals surface area contributed by atoms with Gasteiger partial charge in [0, 0.05) is 28.0 Å². The molecule has 1 amide bonds. The first-order valence-electron chi connectivity index (χ1n) is 6.21. The van der Waals surface area contributed by atoms with E-state index in [0.29, 0.717) is 17.1 Å². The highest BCUT2D eigenvalue weighted by Gasteiger charge is 2.25. The van der Waals surface area contributed by atoms with E-state index < -0.39 is 0 Å². The fourth-order valence-electron chi connectivity index (χ4n) is 2.42. The van der Waals surface area contributed by atoms with Crippen molar-refractivity contribution in [3.63, 3.8) is 0 Å². The van der Waals surface area contributed by atoms with Crippen LogP contribution >= 0.6 is 27.5 Å². The van der Waals surface area contributed by atoms with Crippen molar-refractivity contribution in [2.75, 3.05) is 17.2 Å². The van der Waals surface area contributed by atoms with Crippen LogP contribution < -0.4 is 10.6 Å². The highest BCUT2D eigenvalue weighted by Crippen LogP contribution is 2.32. The van der Waals surface area contributed by atoms with Crippen LogP contribution in [0.1, 0.15) is 15.9 Å². The van der Waals surface area contributed by atoms with E-state index in [1.165, 1.54) is 0 Å². The summed E-state index contributed by atoms with van der Waals surface area (Å²) in [6.45, 7) is 0.678. The Kier molecular flexibility index (Phi) is 3.44. The molecule has 2 N–H and O–H groups in total. The molecule has 1 aliphatic rings. The molecule has 1 aliphatic heterocycles. The van der Waals surface area contributed by atoms with E-state index in [9.17, 15) is 4.79 Å². The molecule has 0 saturated carbocycles. The second kappa shape index (κ2) is 5.11. The van der Waals surface area contributed by atoms with Crippen LogP contribution in [0.3, 0.4) is 0 Å². The maximum atomic E-state index is 12.6. The molecule has 0 fully saturated rings. The number of carbonyl (C=O) groups is 1. The first kappa shape index (κ1) is 13.5. The Bertz CT molecular complexity index is 702. The maximum Gasteiger partial charge on any atom is 0.258 e. The van der Waals surface area contributed by atoms with Gasteiger partial charge in [-0.2, -0.15) is 0 Å². The molecule has 0 atom stereocenters. The summed E-state index contributed by atoms with van der Waals surface area (Å²) in [5, 5.41) is 0.594. The zero-order chi connectivity index (χ0) is 14.3. The van der Waals surface area contributed by atoms with Gasteiger partial charge in [0.25, 0.3) is 5.91 Å². The van der Waals surface area contributed by atoms with Gasteiger partial charge < -0.3 is 10.6 Å². The molecule has 0 saturated heterocycles. The number of nitrogen functional groups attached to an aromatic ring is 1. The van der Waals surface area contributed by atoms with Crippen molar-refractivity contribution in [3.05, 3.63) is 57.0 Å². The van der Waals surface area contributed by atoms with Gasteiger partial charge in [0.15, 0.2) is 0 Å². The van der Waals surface area contributed by atoms with Gasteiger partial charge in [0.05, 0.1) is 5.02 Å². The standard InChI is InChI=1S/C15H12BrClN2O/c16-12-8-10(1-3-13(12)17)15(20)19-6-5-9-7-11(18)2-4-14(9)19/h1-4,7-8H,5-6,18H2. The Morgan fingerprint density at radius 2 is 2.05 bits per heavy atom. The van der Waals surface area contributed by atoms with Crippen molar-refractivity contribution in [2.45, 2.75) is 6.42 Å². The number of rotatable bonds is 1. The number of fused-ring (bicyclic) bond motifs is 1. The molecule has 0 bridgehead atoms. The number of amides is 1. The van der Waals surface area contributed by atoms with Crippen LogP contribution in [0.5, 0.6) is 0 Å². The number of hydrogen-bond acceptors (Lipinski definition) is 2. The zero-order valence-electron chi connectivity index (χ0n) is 10.6. The molecule has 2 aromatic rings. The summed E-state index contributed by atoms with van der Waals surface area (Å²) in [5.41, 5.74) is 9.18. The van der Waals surface area contributed by atoms with Gasteiger partial charge in [-0.3, -0.25) is 4.79 Å². The molecule has 0 aliphatic carbocycles. The molecule has 0 radical (unpaired) electrons. The largest absolute Gasteiger partial charge is 0.399 e. The fourth-order valence-corrected chi connectivity index (χ4v) is 2.91. The van der Waals surface area contributed by atoms with Gasteiger partial charge >= 0.3 is 0 Å². The van der Waals surface area contributed by atoms with Gasteiger partial charge in [-0.15, -0.1) is 0 Å². The Morgan fingerprint density at radius 3 is 2.80 bits per heavy atom. The molecule has 5 heteroatoms. The Balaban J connectivity index is 1.95.